The molecule has 0 amide bonds. The maximum Gasteiger partial charge on any atom is 0.0395 e. The van der Waals surface area contributed by atoms with E-state index in [2.05, 4.69) is 55.3 Å². The van der Waals surface area contributed by atoms with Gasteiger partial charge in [-0.2, -0.15) is 0 Å². The summed E-state index contributed by atoms with van der Waals surface area (Å²) in [5.41, 5.74) is 2.80. The van der Waals surface area contributed by atoms with Gasteiger partial charge in [-0.1, -0.05) is 18.2 Å². The molecule has 2 atom stereocenters. The van der Waals surface area contributed by atoms with Gasteiger partial charge in [-0.05, 0) is 57.7 Å². The second kappa shape index (κ2) is 6.24. The Balaban J connectivity index is 2.03. The van der Waals surface area contributed by atoms with Gasteiger partial charge in [-0.3, -0.25) is 0 Å². The number of hydrogen-bond acceptors (Lipinski definition) is 2. The van der Waals surface area contributed by atoms with E-state index in [4.69, 9.17) is 0 Å². The summed E-state index contributed by atoms with van der Waals surface area (Å²) >= 11 is 0. The third kappa shape index (κ3) is 3.26. The minimum atomic E-state index is 0.680. The Labute approximate surface area is 111 Å². The van der Waals surface area contributed by atoms with Crippen LogP contribution in [0, 0.1) is 12.8 Å². The van der Waals surface area contributed by atoms with Crippen molar-refractivity contribution in [2.24, 2.45) is 5.92 Å². The highest BCUT2D eigenvalue weighted by Crippen LogP contribution is 2.24. The van der Waals surface area contributed by atoms with Crippen LogP contribution in [0.4, 0.5) is 5.69 Å². The van der Waals surface area contributed by atoms with Crippen molar-refractivity contribution in [3.63, 3.8) is 0 Å². The van der Waals surface area contributed by atoms with E-state index in [9.17, 15) is 0 Å². The van der Waals surface area contributed by atoms with Crippen molar-refractivity contribution < 1.29 is 0 Å². The number of hydrogen-bond donors (Lipinski definition) is 1. The highest BCUT2D eigenvalue weighted by atomic mass is 15.1. The molecule has 0 aliphatic carbocycles. The molecular formula is C16H26N2. The maximum absolute atomic E-state index is 3.54. The Morgan fingerprint density at radius 3 is 2.78 bits per heavy atom. The fraction of sp³-hybridized carbons (Fsp3) is 0.625. The van der Waals surface area contributed by atoms with E-state index in [1.165, 1.54) is 37.2 Å². The molecule has 1 fully saturated rings. The van der Waals surface area contributed by atoms with E-state index < -0.39 is 0 Å². The summed E-state index contributed by atoms with van der Waals surface area (Å²) in [4.78, 5) is 2.54. The highest BCUT2D eigenvalue weighted by Gasteiger charge is 2.20. The van der Waals surface area contributed by atoms with Gasteiger partial charge >= 0.3 is 0 Å². The van der Waals surface area contributed by atoms with Crippen LogP contribution in [0.25, 0.3) is 0 Å². The zero-order valence-corrected chi connectivity index (χ0v) is 11.9. The van der Waals surface area contributed by atoms with Crippen LogP contribution in [0.15, 0.2) is 24.3 Å². The molecule has 0 saturated carbocycles. The van der Waals surface area contributed by atoms with E-state index in [-0.39, 0.29) is 0 Å². The first kappa shape index (κ1) is 13.4. The summed E-state index contributed by atoms with van der Waals surface area (Å²) in [5.74, 6) is 0.834. The summed E-state index contributed by atoms with van der Waals surface area (Å²) in [6.45, 7) is 10.3. The third-order valence-electron chi connectivity index (χ3n) is 4.05. The normalized spacial score (nSPS) is 23.9. The lowest BCUT2D eigenvalue weighted by atomic mass is 9.92. The molecule has 1 aromatic rings. The van der Waals surface area contributed by atoms with Crippen molar-refractivity contribution >= 4 is 5.69 Å². The molecule has 2 unspecified atom stereocenters. The van der Waals surface area contributed by atoms with E-state index in [1.807, 2.05) is 0 Å². The Bertz CT molecular complexity index is 375. The number of nitrogens with zero attached hydrogens (tertiary/aromatic N) is 1. The molecule has 1 aromatic carbocycles. The third-order valence-corrected chi connectivity index (χ3v) is 4.05. The van der Waals surface area contributed by atoms with Crippen molar-refractivity contribution in [3.05, 3.63) is 29.8 Å². The Hall–Kier alpha value is -1.02. The number of benzene rings is 1. The van der Waals surface area contributed by atoms with E-state index in [0.29, 0.717) is 6.04 Å². The molecule has 1 N–H and O–H groups in total. The van der Waals surface area contributed by atoms with Crippen LogP contribution >= 0.6 is 0 Å². The van der Waals surface area contributed by atoms with Crippen molar-refractivity contribution in [1.29, 1.82) is 0 Å². The summed E-state index contributed by atoms with van der Waals surface area (Å²) in [5, 5.41) is 3.54. The standard InChI is InChI=1S/C16H26N2/c1-4-18(16-8-6-5-7-13(16)2)12-15-9-10-17-14(3)11-15/h5-8,14-15,17H,4,9-12H2,1-3H3. The molecule has 1 aliphatic rings. The minimum Gasteiger partial charge on any atom is -0.371 e. The molecule has 18 heavy (non-hydrogen) atoms. The van der Waals surface area contributed by atoms with Crippen LogP contribution in [0.1, 0.15) is 32.3 Å². The van der Waals surface area contributed by atoms with Gasteiger partial charge in [0.15, 0.2) is 0 Å². The van der Waals surface area contributed by atoms with E-state index in [0.717, 1.165) is 12.5 Å². The predicted molar refractivity (Wildman–Crippen MR) is 79.3 cm³/mol. The SMILES string of the molecule is CCN(CC1CCNC(C)C1)c1ccccc1C. The van der Waals surface area contributed by atoms with Crippen LogP contribution in [-0.2, 0) is 0 Å². The number of nitrogens with one attached hydrogen (secondary N) is 1. The second-order valence-corrected chi connectivity index (χ2v) is 5.57. The number of aryl methyl sites for hydroxylation is 1. The quantitative estimate of drug-likeness (QED) is 0.877. The molecule has 2 nitrogen and oxygen atoms in total. The lowest BCUT2D eigenvalue weighted by Crippen LogP contribution is -2.40. The Morgan fingerprint density at radius 2 is 2.11 bits per heavy atom. The smallest absolute Gasteiger partial charge is 0.0395 e. The first-order valence-electron chi connectivity index (χ1n) is 7.24. The average Bonchev–Trinajstić information content (AvgIpc) is 2.37. The molecular weight excluding hydrogens is 220 g/mol. The molecule has 0 bridgehead atoms. The minimum absolute atomic E-state index is 0.680. The summed E-state index contributed by atoms with van der Waals surface area (Å²) in [7, 11) is 0. The fourth-order valence-electron chi connectivity index (χ4n) is 3.03. The lowest BCUT2D eigenvalue weighted by molar-refractivity contribution is 0.317. The molecule has 100 valence electrons. The van der Waals surface area contributed by atoms with Crippen LogP contribution in [0.5, 0.6) is 0 Å². The number of para-hydroxylation sites is 1. The molecule has 2 rings (SSSR count). The van der Waals surface area contributed by atoms with Crippen LogP contribution in [0.2, 0.25) is 0 Å². The van der Waals surface area contributed by atoms with Crippen molar-refractivity contribution in [2.75, 3.05) is 24.5 Å². The summed E-state index contributed by atoms with van der Waals surface area (Å²) < 4.78 is 0. The van der Waals surface area contributed by atoms with Gasteiger partial charge < -0.3 is 10.2 Å². The van der Waals surface area contributed by atoms with Crippen LogP contribution < -0.4 is 10.2 Å². The lowest BCUT2D eigenvalue weighted by Gasteiger charge is -2.34. The molecule has 1 saturated heterocycles. The molecule has 0 spiro atoms. The van der Waals surface area contributed by atoms with E-state index >= 15 is 0 Å². The predicted octanol–water partition coefficient (Wildman–Crippen LogP) is 3.21. The molecule has 0 aromatic heterocycles. The largest absolute Gasteiger partial charge is 0.371 e. The Kier molecular flexibility index (Phi) is 4.65. The van der Waals surface area contributed by atoms with Gasteiger partial charge in [-0.15, -0.1) is 0 Å². The topological polar surface area (TPSA) is 15.3 Å². The fourth-order valence-corrected chi connectivity index (χ4v) is 3.03. The Morgan fingerprint density at radius 1 is 1.33 bits per heavy atom. The van der Waals surface area contributed by atoms with Gasteiger partial charge in [0.1, 0.15) is 0 Å². The van der Waals surface area contributed by atoms with Gasteiger partial charge in [0, 0.05) is 24.8 Å². The average molecular weight is 246 g/mol. The van der Waals surface area contributed by atoms with E-state index in [1.54, 1.807) is 0 Å². The second-order valence-electron chi connectivity index (χ2n) is 5.57. The zero-order valence-electron chi connectivity index (χ0n) is 11.9. The summed E-state index contributed by atoms with van der Waals surface area (Å²) in [6.07, 6.45) is 2.62. The molecule has 1 aliphatic heterocycles. The van der Waals surface area contributed by atoms with Gasteiger partial charge in [0.05, 0.1) is 0 Å². The van der Waals surface area contributed by atoms with Gasteiger partial charge in [0.2, 0.25) is 0 Å². The molecule has 0 radical (unpaired) electrons. The number of rotatable bonds is 4. The number of piperidine rings is 1. The number of anilines is 1. The molecule has 2 heteroatoms. The molecule has 1 heterocycles. The van der Waals surface area contributed by atoms with Gasteiger partial charge in [0.25, 0.3) is 0 Å². The van der Waals surface area contributed by atoms with Crippen molar-refractivity contribution in [3.8, 4) is 0 Å². The van der Waals surface area contributed by atoms with Crippen LogP contribution in [0.3, 0.4) is 0 Å². The summed E-state index contributed by atoms with van der Waals surface area (Å²) in [6, 6.07) is 9.42. The first-order valence-corrected chi connectivity index (χ1v) is 7.24. The maximum atomic E-state index is 3.54. The van der Waals surface area contributed by atoms with Crippen molar-refractivity contribution in [2.45, 2.75) is 39.7 Å². The highest BCUT2D eigenvalue weighted by molar-refractivity contribution is 5.52. The van der Waals surface area contributed by atoms with Gasteiger partial charge in [-0.25, -0.2) is 0 Å². The zero-order chi connectivity index (χ0) is 13.0. The monoisotopic (exact) mass is 246 g/mol. The van der Waals surface area contributed by atoms with Crippen molar-refractivity contribution in [1.82, 2.24) is 5.32 Å². The first-order chi connectivity index (χ1) is 8.70. The van der Waals surface area contributed by atoms with Crippen LogP contribution in [-0.4, -0.2) is 25.7 Å².